The van der Waals surface area contributed by atoms with Gasteiger partial charge in [0, 0.05) is 52.8 Å². The molecule has 1 unspecified atom stereocenters. The van der Waals surface area contributed by atoms with Crippen LogP contribution in [0.2, 0.25) is 0 Å². The van der Waals surface area contributed by atoms with Crippen LogP contribution in [0.3, 0.4) is 0 Å². The lowest BCUT2D eigenvalue weighted by molar-refractivity contribution is -0.149. The molecule has 0 aromatic carbocycles. The molecule has 3 aliphatic rings. The fourth-order valence-electron chi connectivity index (χ4n) is 3.97. The van der Waals surface area contributed by atoms with Gasteiger partial charge in [-0.15, -0.1) is 0 Å². The summed E-state index contributed by atoms with van der Waals surface area (Å²) >= 11 is 0. The molecule has 2 heterocycles. The van der Waals surface area contributed by atoms with Gasteiger partial charge in [0.2, 0.25) is 11.8 Å². The van der Waals surface area contributed by atoms with Crippen molar-refractivity contribution in [3.05, 3.63) is 0 Å². The van der Waals surface area contributed by atoms with Crippen LogP contribution in [-0.2, 0) is 14.3 Å². The molecule has 1 aliphatic carbocycles. The smallest absolute Gasteiger partial charge is 0.241 e. The van der Waals surface area contributed by atoms with Crippen LogP contribution in [0.25, 0.3) is 0 Å². The summed E-state index contributed by atoms with van der Waals surface area (Å²) < 4.78 is 5.38. The summed E-state index contributed by atoms with van der Waals surface area (Å²) in [6.45, 7) is 3.87. The van der Waals surface area contributed by atoms with E-state index in [9.17, 15) is 9.59 Å². The number of likely N-dealkylation sites (N-methyl/N-ethyl adjacent to an activating group) is 1. The molecule has 22 heavy (non-hydrogen) atoms. The standard InChI is InChI=1S/C16H27N3O3/c1-17-7-8-18-9-10-19(11-14(18)16(17)21)15(20)12-3-5-13(22-2)6-4-12/h12-14H,3-11H2,1-2H3. The van der Waals surface area contributed by atoms with Gasteiger partial charge in [0.25, 0.3) is 0 Å². The van der Waals surface area contributed by atoms with Gasteiger partial charge in [0.05, 0.1) is 6.10 Å². The Hall–Kier alpha value is -1.14. The van der Waals surface area contributed by atoms with E-state index in [-0.39, 0.29) is 23.8 Å². The normalized spacial score (nSPS) is 33.7. The molecule has 1 atom stereocenters. The number of hydrogen-bond acceptors (Lipinski definition) is 4. The highest BCUT2D eigenvalue weighted by atomic mass is 16.5. The van der Waals surface area contributed by atoms with Crippen LogP contribution in [0.4, 0.5) is 0 Å². The van der Waals surface area contributed by atoms with Gasteiger partial charge in [-0.25, -0.2) is 0 Å². The minimum atomic E-state index is -0.133. The zero-order valence-corrected chi connectivity index (χ0v) is 13.7. The quantitative estimate of drug-likeness (QED) is 0.730. The van der Waals surface area contributed by atoms with Gasteiger partial charge in [0.15, 0.2) is 0 Å². The van der Waals surface area contributed by atoms with E-state index >= 15 is 0 Å². The van der Waals surface area contributed by atoms with E-state index in [0.29, 0.717) is 12.6 Å². The van der Waals surface area contributed by atoms with Gasteiger partial charge in [-0.1, -0.05) is 0 Å². The van der Waals surface area contributed by atoms with Gasteiger partial charge in [-0.05, 0) is 25.7 Å². The number of amides is 2. The van der Waals surface area contributed by atoms with Crippen molar-refractivity contribution in [2.75, 3.05) is 46.9 Å². The van der Waals surface area contributed by atoms with E-state index in [1.54, 1.807) is 12.0 Å². The molecule has 2 aliphatic heterocycles. The number of piperazine rings is 2. The summed E-state index contributed by atoms with van der Waals surface area (Å²) in [5.41, 5.74) is 0. The number of rotatable bonds is 2. The molecule has 2 amide bonds. The van der Waals surface area contributed by atoms with Gasteiger partial charge in [0.1, 0.15) is 6.04 Å². The summed E-state index contributed by atoms with van der Waals surface area (Å²) in [6.07, 6.45) is 4.08. The molecule has 2 saturated heterocycles. The number of ether oxygens (including phenoxy) is 1. The van der Waals surface area contributed by atoms with Crippen molar-refractivity contribution in [3.63, 3.8) is 0 Å². The lowest BCUT2D eigenvalue weighted by Gasteiger charge is -2.46. The largest absolute Gasteiger partial charge is 0.381 e. The van der Waals surface area contributed by atoms with Gasteiger partial charge >= 0.3 is 0 Å². The predicted molar refractivity (Wildman–Crippen MR) is 82.3 cm³/mol. The lowest BCUT2D eigenvalue weighted by atomic mass is 9.86. The average molecular weight is 309 g/mol. The highest BCUT2D eigenvalue weighted by Crippen LogP contribution is 2.28. The summed E-state index contributed by atoms with van der Waals surface area (Å²) in [4.78, 5) is 31.0. The molecule has 0 aromatic rings. The number of fused-ring (bicyclic) bond motifs is 1. The molecule has 6 nitrogen and oxygen atoms in total. The van der Waals surface area contributed by atoms with Crippen molar-refractivity contribution in [2.24, 2.45) is 5.92 Å². The molecule has 3 fully saturated rings. The number of methoxy groups -OCH3 is 1. The monoisotopic (exact) mass is 309 g/mol. The van der Waals surface area contributed by atoms with E-state index in [4.69, 9.17) is 4.74 Å². The Kier molecular flexibility index (Phi) is 4.68. The molecule has 0 N–H and O–H groups in total. The zero-order chi connectivity index (χ0) is 15.7. The highest BCUT2D eigenvalue weighted by Gasteiger charge is 2.40. The van der Waals surface area contributed by atoms with Crippen LogP contribution in [-0.4, -0.2) is 85.5 Å². The maximum Gasteiger partial charge on any atom is 0.241 e. The third kappa shape index (κ3) is 2.99. The molecule has 0 spiro atoms. The maximum absolute atomic E-state index is 12.8. The Morgan fingerprint density at radius 3 is 2.45 bits per heavy atom. The van der Waals surface area contributed by atoms with Crippen molar-refractivity contribution >= 4 is 11.8 Å². The summed E-state index contributed by atoms with van der Waals surface area (Å²) in [5, 5.41) is 0. The van der Waals surface area contributed by atoms with E-state index in [0.717, 1.165) is 51.9 Å². The first-order chi connectivity index (χ1) is 10.6. The number of carbonyl (C=O) groups excluding carboxylic acids is 2. The molecule has 124 valence electrons. The van der Waals surface area contributed by atoms with E-state index in [1.165, 1.54) is 0 Å². The van der Waals surface area contributed by atoms with Gasteiger partial charge < -0.3 is 14.5 Å². The van der Waals surface area contributed by atoms with Crippen LogP contribution in [0.5, 0.6) is 0 Å². The minimum Gasteiger partial charge on any atom is -0.381 e. The van der Waals surface area contributed by atoms with Crippen LogP contribution in [0.15, 0.2) is 0 Å². The maximum atomic E-state index is 12.8. The lowest BCUT2D eigenvalue weighted by Crippen LogP contribution is -2.65. The summed E-state index contributed by atoms with van der Waals surface area (Å²) in [5.74, 6) is 0.524. The number of hydrogen-bond donors (Lipinski definition) is 0. The molecular weight excluding hydrogens is 282 g/mol. The van der Waals surface area contributed by atoms with Gasteiger partial charge in [-0.2, -0.15) is 0 Å². The second kappa shape index (κ2) is 6.54. The van der Waals surface area contributed by atoms with Crippen molar-refractivity contribution in [3.8, 4) is 0 Å². The molecule has 1 saturated carbocycles. The fourth-order valence-corrected chi connectivity index (χ4v) is 3.97. The van der Waals surface area contributed by atoms with E-state index < -0.39 is 0 Å². The van der Waals surface area contributed by atoms with Crippen LogP contribution in [0, 0.1) is 5.92 Å². The Morgan fingerprint density at radius 1 is 1.09 bits per heavy atom. The first kappa shape index (κ1) is 15.7. The fraction of sp³-hybridized carbons (Fsp3) is 0.875. The van der Waals surface area contributed by atoms with E-state index in [2.05, 4.69) is 4.90 Å². The Balaban J connectivity index is 1.59. The van der Waals surface area contributed by atoms with Crippen molar-refractivity contribution in [1.29, 1.82) is 0 Å². The number of nitrogens with zero attached hydrogens (tertiary/aromatic N) is 3. The van der Waals surface area contributed by atoms with Crippen molar-refractivity contribution < 1.29 is 14.3 Å². The average Bonchev–Trinajstić information content (AvgIpc) is 2.57. The molecule has 3 rings (SSSR count). The molecule has 6 heteroatoms. The SMILES string of the molecule is COC1CCC(C(=O)N2CCN3CCN(C)C(=O)C3C2)CC1. The van der Waals surface area contributed by atoms with Crippen LogP contribution >= 0.6 is 0 Å². The summed E-state index contributed by atoms with van der Waals surface area (Å²) in [6, 6.07) is -0.133. The van der Waals surface area contributed by atoms with E-state index in [1.807, 2.05) is 11.9 Å². The van der Waals surface area contributed by atoms with Crippen LogP contribution < -0.4 is 0 Å². The molecule has 0 bridgehead atoms. The second-order valence-electron chi connectivity index (χ2n) is 6.81. The third-order valence-electron chi connectivity index (χ3n) is 5.54. The highest BCUT2D eigenvalue weighted by molar-refractivity contribution is 5.85. The van der Waals surface area contributed by atoms with Gasteiger partial charge in [-0.3, -0.25) is 14.5 Å². The molecular formula is C16H27N3O3. The minimum absolute atomic E-state index is 0.120. The zero-order valence-electron chi connectivity index (χ0n) is 13.7. The second-order valence-corrected chi connectivity index (χ2v) is 6.81. The Bertz CT molecular complexity index is 434. The first-order valence-corrected chi connectivity index (χ1v) is 8.40. The molecule has 0 radical (unpaired) electrons. The van der Waals surface area contributed by atoms with Crippen molar-refractivity contribution in [2.45, 2.75) is 37.8 Å². The van der Waals surface area contributed by atoms with Crippen molar-refractivity contribution in [1.82, 2.24) is 14.7 Å². The Morgan fingerprint density at radius 2 is 1.77 bits per heavy atom. The first-order valence-electron chi connectivity index (χ1n) is 8.40. The summed E-state index contributed by atoms with van der Waals surface area (Å²) in [7, 11) is 3.60. The number of carbonyl (C=O) groups is 2. The third-order valence-corrected chi connectivity index (χ3v) is 5.54. The predicted octanol–water partition coefficient (Wildman–Crippen LogP) is 0.176. The van der Waals surface area contributed by atoms with Crippen LogP contribution in [0.1, 0.15) is 25.7 Å². The topological polar surface area (TPSA) is 53.1 Å². The molecule has 0 aromatic heterocycles. The Labute approximate surface area is 132 Å².